The van der Waals surface area contributed by atoms with Gasteiger partial charge in [-0.1, -0.05) is 6.07 Å². The zero-order chi connectivity index (χ0) is 17.1. The summed E-state index contributed by atoms with van der Waals surface area (Å²) in [4.78, 5) is 16.4. The summed E-state index contributed by atoms with van der Waals surface area (Å²) in [5, 5.41) is 13.6. The van der Waals surface area contributed by atoms with Gasteiger partial charge in [0.25, 0.3) is 5.91 Å². The highest BCUT2D eigenvalue weighted by atomic mass is 16.5. The van der Waals surface area contributed by atoms with Crippen LogP contribution in [0.1, 0.15) is 27.9 Å². The molecule has 0 radical (unpaired) electrons. The Morgan fingerprint density at radius 2 is 2.21 bits per heavy atom. The van der Waals surface area contributed by atoms with E-state index in [0.717, 1.165) is 10.9 Å². The van der Waals surface area contributed by atoms with Gasteiger partial charge in [-0.3, -0.25) is 9.78 Å². The van der Waals surface area contributed by atoms with Gasteiger partial charge in [0.2, 0.25) is 0 Å². The van der Waals surface area contributed by atoms with Crippen molar-refractivity contribution in [3.05, 3.63) is 59.6 Å². The zero-order valence-corrected chi connectivity index (χ0v) is 13.4. The number of aliphatic hydroxyl groups excluding tert-OH is 1. The quantitative estimate of drug-likeness (QED) is 0.753. The molecule has 0 spiro atoms. The molecule has 0 saturated carbocycles. The Balaban J connectivity index is 1.75. The highest BCUT2D eigenvalue weighted by Crippen LogP contribution is 2.28. The number of amides is 1. The Labute approximate surface area is 139 Å². The van der Waals surface area contributed by atoms with E-state index in [9.17, 15) is 9.90 Å². The van der Waals surface area contributed by atoms with Crippen molar-refractivity contribution in [1.82, 2.24) is 10.3 Å². The Kier molecular flexibility index (Phi) is 4.48. The molecule has 0 aliphatic carbocycles. The van der Waals surface area contributed by atoms with Crippen molar-refractivity contribution in [1.29, 1.82) is 0 Å². The SMILES string of the molecule is COc1ccc2c(C)c(C(=O)NC[C@@H](O)c3ccccn3)oc2c1. The summed E-state index contributed by atoms with van der Waals surface area (Å²) < 4.78 is 10.8. The Morgan fingerprint density at radius 3 is 2.92 bits per heavy atom. The number of rotatable bonds is 5. The molecule has 2 aromatic heterocycles. The van der Waals surface area contributed by atoms with Gasteiger partial charge in [-0.15, -0.1) is 0 Å². The monoisotopic (exact) mass is 326 g/mol. The van der Waals surface area contributed by atoms with Crippen LogP contribution in [0.3, 0.4) is 0 Å². The molecule has 24 heavy (non-hydrogen) atoms. The van der Waals surface area contributed by atoms with Crippen LogP contribution in [-0.2, 0) is 0 Å². The first-order valence-electron chi connectivity index (χ1n) is 7.54. The molecule has 0 saturated heterocycles. The van der Waals surface area contributed by atoms with E-state index in [1.807, 2.05) is 19.1 Å². The van der Waals surface area contributed by atoms with Crippen LogP contribution in [0.4, 0.5) is 0 Å². The van der Waals surface area contributed by atoms with Gasteiger partial charge in [-0.25, -0.2) is 0 Å². The van der Waals surface area contributed by atoms with Crippen LogP contribution in [0.2, 0.25) is 0 Å². The third-order valence-corrected chi connectivity index (χ3v) is 3.84. The number of carbonyl (C=O) groups is 1. The van der Waals surface area contributed by atoms with Gasteiger partial charge in [-0.2, -0.15) is 0 Å². The van der Waals surface area contributed by atoms with Gasteiger partial charge in [0.05, 0.1) is 12.8 Å². The van der Waals surface area contributed by atoms with E-state index < -0.39 is 6.10 Å². The van der Waals surface area contributed by atoms with Gasteiger partial charge in [-0.05, 0) is 31.2 Å². The molecule has 2 heterocycles. The first-order valence-corrected chi connectivity index (χ1v) is 7.54. The van der Waals surface area contributed by atoms with Gasteiger partial charge < -0.3 is 19.6 Å². The number of methoxy groups -OCH3 is 1. The molecule has 0 aliphatic rings. The lowest BCUT2D eigenvalue weighted by molar-refractivity contribution is 0.0888. The molecule has 3 aromatic rings. The highest BCUT2D eigenvalue weighted by molar-refractivity contribution is 5.99. The molecule has 1 aromatic carbocycles. The van der Waals surface area contributed by atoms with Crippen molar-refractivity contribution >= 4 is 16.9 Å². The summed E-state index contributed by atoms with van der Waals surface area (Å²) in [6.45, 7) is 1.87. The molecule has 0 fully saturated rings. The largest absolute Gasteiger partial charge is 0.497 e. The number of hydrogen-bond donors (Lipinski definition) is 2. The molecule has 1 atom stereocenters. The minimum atomic E-state index is -0.875. The number of pyridine rings is 1. The Morgan fingerprint density at radius 1 is 1.38 bits per heavy atom. The van der Waals surface area contributed by atoms with E-state index in [2.05, 4.69) is 10.3 Å². The summed E-state index contributed by atoms with van der Waals surface area (Å²) in [6, 6.07) is 10.7. The predicted molar refractivity (Wildman–Crippen MR) is 89.0 cm³/mol. The lowest BCUT2D eigenvalue weighted by Crippen LogP contribution is -2.28. The molecule has 0 bridgehead atoms. The van der Waals surface area contributed by atoms with Crippen LogP contribution in [0, 0.1) is 6.92 Å². The maximum Gasteiger partial charge on any atom is 0.287 e. The van der Waals surface area contributed by atoms with E-state index in [4.69, 9.17) is 9.15 Å². The maximum atomic E-state index is 12.4. The van der Waals surface area contributed by atoms with Gasteiger partial charge in [0.15, 0.2) is 5.76 Å². The average Bonchev–Trinajstić information content (AvgIpc) is 2.96. The third-order valence-electron chi connectivity index (χ3n) is 3.84. The van der Waals surface area contributed by atoms with Crippen molar-refractivity contribution in [2.24, 2.45) is 0 Å². The standard InChI is InChI=1S/C18H18N2O4/c1-11-13-7-6-12(23-2)9-16(13)24-17(11)18(22)20-10-15(21)14-5-3-4-8-19-14/h3-9,15,21H,10H2,1-2H3,(H,20,22)/t15-/m1/s1. The smallest absolute Gasteiger partial charge is 0.287 e. The second-order valence-corrected chi connectivity index (χ2v) is 5.40. The minimum absolute atomic E-state index is 0.0512. The fourth-order valence-corrected chi connectivity index (χ4v) is 2.50. The van der Waals surface area contributed by atoms with Crippen molar-refractivity contribution in [2.45, 2.75) is 13.0 Å². The number of benzene rings is 1. The topological polar surface area (TPSA) is 84.6 Å². The number of fused-ring (bicyclic) bond motifs is 1. The van der Waals surface area contributed by atoms with Gasteiger partial charge in [0.1, 0.15) is 17.4 Å². The van der Waals surface area contributed by atoms with Crippen LogP contribution in [0.25, 0.3) is 11.0 Å². The molecule has 6 nitrogen and oxygen atoms in total. The van der Waals surface area contributed by atoms with Gasteiger partial charge in [0, 0.05) is 29.8 Å². The number of aryl methyl sites for hydroxylation is 1. The Hall–Kier alpha value is -2.86. The van der Waals surface area contributed by atoms with Crippen LogP contribution >= 0.6 is 0 Å². The summed E-state index contributed by atoms with van der Waals surface area (Å²) >= 11 is 0. The minimum Gasteiger partial charge on any atom is -0.497 e. The number of ether oxygens (including phenoxy) is 1. The molecule has 124 valence electrons. The molecule has 3 rings (SSSR count). The lowest BCUT2D eigenvalue weighted by Gasteiger charge is -2.10. The van der Waals surface area contributed by atoms with Crippen molar-refractivity contribution in [3.63, 3.8) is 0 Å². The van der Waals surface area contributed by atoms with Crippen molar-refractivity contribution in [3.8, 4) is 5.75 Å². The number of hydrogen-bond acceptors (Lipinski definition) is 5. The maximum absolute atomic E-state index is 12.4. The summed E-state index contributed by atoms with van der Waals surface area (Å²) in [5.41, 5.74) is 1.84. The Bertz CT molecular complexity index is 858. The van der Waals surface area contributed by atoms with Crippen LogP contribution in [0.15, 0.2) is 47.0 Å². The second kappa shape index (κ2) is 6.72. The van der Waals surface area contributed by atoms with E-state index in [-0.39, 0.29) is 18.2 Å². The van der Waals surface area contributed by atoms with E-state index in [0.29, 0.717) is 17.0 Å². The number of furan rings is 1. The molecule has 2 N–H and O–H groups in total. The predicted octanol–water partition coefficient (Wildman–Crippen LogP) is 2.61. The van der Waals surface area contributed by atoms with Gasteiger partial charge >= 0.3 is 0 Å². The van der Waals surface area contributed by atoms with Crippen LogP contribution in [0.5, 0.6) is 5.75 Å². The molecule has 6 heteroatoms. The van der Waals surface area contributed by atoms with E-state index >= 15 is 0 Å². The highest BCUT2D eigenvalue weighted by Gasteiger charge is 2.19. The first-order chi connectivity index (χ1) is 11.6. The van der Waals surface area contributed by atoms with Crippen molar-refractivity contribution in [2.75, 3.05) is 13.7 Å². The zero-order valence-electron chi connectivity index (χ0n) is 13.4. The molecular formula is C18H18N2O4. The number of aliphatic hydroxyl groups is 1. The number of nitrogens with one attached hydrogen (secondary N) is 1. The third kappa shape index (κ3) is 3.09. The first kappa shape index (κ1) is 16.0. The lowest BCUT2D eigenvalue weighted by atomic mass is 10.1. The van der Waals surface area contributed by atoms with E-state index in [1.165, 1.54) is 0 Å². The summed E-state index contributed by atoms with van der Waals surface area (Å²) in [7, 11) is 1.57. The molecule has 1 amide bonds. The van der Waals surface area contributed by atoms with Crippen LogP contribution in [-0.4, -0.2) is 29.7 Å². The fraction of sp³-hybridized carbons (Fsp3) is 0.222. The number of carbonyl (C=O) groups excluding carboxylic acids is 1. The fourth-order valence-electron chi connectivity index (χ4n) is 2.50. The molecule has 0 aliphatic heterocycles. The summed E-state index contributed by atoms with van der Waals surface area (Å²) in [5.74, 6) is 0.512. The molecular weight excluding hydrogens is 308 g/mol. The average molecular weight is 326 g/mol. The van der Waals surface area contributed by atoms with Crippen LogP contribution < -0.4 is 10.1 Å². The normalized spacial score (nSPS) is 12.1. The number of nitrogens with zero attached hydrogens (tertiary/aromatic N) is 1. The van der Waals surface area contributed by atoms with Crippen molar-refractivity contribution < 1.29 is 19.1 Å². The second-order valence-electron chi connectivity index (χ2n) is 5.40. The van der Waals surface area contributed by atoms with E-state index in [1.54, 1.807) is 37.6 Å². The summed E-state index contributed by atoms with van der Waals surface area (Å²) in [6.07, 6.45) is 0.719. The number of aromatic nitrogens is 1. The molecule has 0 unspecified atom stereocenters.